The van der Waals surface area contributed by atoms with Crippen molar-refractivity contribution in [3.05, 3.63) is 63.6 Å². The van der Waals surface area contributed by atoms with Crippen LogP contribution in [0.2, 0.25) is 0 Å². The number of aromatic amines is 1. The summed E-state index contributed by atoms with van der Waals surface area (Å²) in [7, 11) is 5.20. The molecule has 0 amide bonds. The zero-order valence-corrected chi connectivity index (χ0v) is 22.3. The molecular formula is C27H28ClN3O8. The van der Waals surface area contributed by atoms with E-state index in [9.17, 15) is 14.7 Å². The molecule has 4 aromatic rings. The second-order valence-electron chi connectivity index (χ2n) is 8.84. The quantitative estimate of drug-likeness (QED) is 0.248. The highest BCUT2D eigenvalue weighted by Gasteiger charge is 2.26. The number of aromatic nitrogens is 2. The van der Waals surface area contributed by atoms with Crippen molar-refractivity contribution in [2.75, 3.05) is 20.8 Å². The molecule has 206 valence electrons. The van der Waals surface area contributed by atoms with Gasteiger partial charge in [-0.25, -0.2) is 4.79 Å². The van der Waals surface area contributed by atoms with E-state index >= 15 is 0 Å². The molecular weight excluding hydrogens is 530 g/mol. The third-order valence-electron chi connectivity index (χ3n) is 6.67. The molecule has 4 N–H and O–H groups in total. The Morgan fingerprint density at radius 2 is 1.95 bits per heavy atom. The molecule has 1 aliphatic rings. The Bertz CT molecular complexity index is 1610. The van der Waals surface area contributed by atoms with Crippen LogP contribution in [0.5, 0.6) is 28.7 Å². The minimum absolute atomic E-state index is 0. The molecule has 12 heteroatoms. The number of pyridine rings is 1. The van der Waals surface area contributed by atoms with Crippen molar-refractivity contribution in [2.45, 2.75) is 19.5 Å². The molecule has 0 unspecified atom stereocenters. The molecule has 0 saturated carbocycles. The average Bonchev–Trinajstić information content (AvgIpc) is 3.09. The van der Waals surface area contributed by atoms with Crippen molar-refractivity contribution in [1.82, 2.24) is 14.9 Å². The van der Waals surface area contributed by atoms with Gasteiger partial charge in [0, 0.05) is 66.5 Å². The second kappa shape index (κ2) is 11.2. The SMILES string of the molecule is COc1ccc(CNCc2cc3cc4c(cc3n2C)OCCc2c-4[nH]c(=O)c(OC(=O)O)c2O)c(OC)c1.Cl. The molecule has 3 heterocycles. The van der Waals surface area contributed by atoms with Gasteiger partial charge in [-0.15, -0.1) is 12.4 Å². The fourth-order valence-corrected chi connectivity index (χ4v) is 4.76. The van der Waals surface area contributed by atoms with Gasteiger partial charge in [0.25, 0.3) is 5.56 Å². The van der Waals surface area contributed by atoms with Crippen molar-refractivity contribution in [1.29, 1.82) is 0 Å². The molecule has 1 aliphatic heterocycles. The van der Waals surface area contributed by atoms with Crippen LogP contribution in [-0.4, -0.2) is 46.7 Å². The summed E-state index contributed by atoms with van der Waals surface area (Å²) in [5.41, 5.74) is 3.42. The molecule has 5 rings (SSSR count). The molecule has 0 atom stereocenters. The van der Waals surface area contributed by atoms with Crippen LogP contribution in [0, 0.1) is 0 Å². The number of ether oxygens (including phenoxy) is 4. The van der Waals surface area contributed by atoms with Crippen LogP contribution < -0.4 is 29.8 Å². The van der Waals surface area contributed by atoms with E-state index in [1.807, 2.05) is 43.4 Å². The highest BCUT2D eigenvalue weighted by molar-refractivity contribution is 5.90. The van der Waals surface area contributed by atoms with Crippen LogP contribution in [0.1, 0.15) is 16.8 Å². The predicted molar refractivity (Wildman–Crippen MR) is 146 cm³/mol. The van der Waals surface area contributed by atoms with Gasteiger partial charge in [0.15, 0.2) is 5.75 Å². The summed E-state index contributed by atoms with van der Waals surface area (Å²) >= 11 is 0. The van der Waals surface area contributed by atoms with Gasteiger partial charge >= 0.3 is 6.16 Å². The van der Waals surface area contributed by atoms with Crippen LogP contribution in [0.4, 0.5) is 4.79 Å². The molecule has 2 aromatic carbocycles. The summed E-state index contributed by atoms with van der Waals surface area (Å²) in [6, 6.07) is 11.5. The van der Waals surface area contributed by atoms with Gasteiger partial charge < -0.3 is 44.0 Å². The third kappa shape index (κ3) is 5.18. The fraction of sp³-hybridized carbons (Fsp3) is 0.259. The molecule has 0 aliphatic carbocycles. The number of H-pyrrole nitrogens is 1. The summed E-state index contributed by atoms with van der Waals surface area (Å²) in [6.45, 7) is 1.39. The Labute approximate surface area is 229 Å². The third-order valence-corrected chi connectivity index (χ3v) is 6.67. The summed E-state index contributed by atoms with van der Waals surface area (Å²) in [5, 5.41) is 23.9. The van der Waals surface area contributed by atoms with E-state index in [-0.39, 0.29) is 25.4 Å². The van der Waals surface area contributed by atoms with Gasteiger partial charge in [0.05, 0.1) is 32.0 Å². The Morgan fingerprint density at radius 3 is 2.67 bits per heavy atom. The first-order chi connectivity index (χ1) is 18.3. The summed E-state index contributed by atoms with van der Waals surface area (Å²) in [6.07, 6.45) is -1.43. The molecule has 39 heavy (non-hydrogen) atoms. The zero-order valence-electron chi connectivity index (χ0n) is 21.5. The number of carbonyl (C=O) groups is 1. The van der Waals surface area contributed by atoms with Crippen LogP contribution >= 0.6 is 12.4 Å². The van der Waals surface area contributed by atoms with E-state index in [2.05, 4.69) is 19.6 Å². The lowest BCUT2D eigenvalue weighted by atomic mass is 10.0. The molecule has 0 saturated heterocycles. The lowest BCUT2D eigenvalue weighted by molar-refractivity contribution is 0.142. The lowest BCUT2D eigenvalue weighted by Crippen LogP contribution is -2.17. The number of nitrogens with zero attached hydrogens (tertiary/aromatic N) is 1. The molecule has 0 bridgehead atoms. The Kier molecular flexibility index (Phi) is 7.93. The number of fused-ring (bicyclic) bond motifs is 4. The fourth-order valence-electron chi connectivity index (χ4n) is 4.76. The predicted octanol–water partition coefficient (Wildman–Crippen LogP) is 3.96. The number of aromatic hydroxyl groups is 1. The topological polar surface area (TPSA) is 144 Å². The molecule has 0 spiro atoms. The van der Waals surface area contributed by atoms with Gasteiger partial charge in [0.2, 0.25) is 5.75 Å². The highest BCUT2D eigenvalue weighted by atomic mass is 35.5. The van der Waals surface area contributed by atoms with Crippen LogP contribution in [0.25, 0.3) is 22.2 Å². The number of nitrogens with one attached hydrogen (secondary N) is 2. The van der Waals surface area contributed by atoms with E-state index in [4.69, 9.17) is 19.3 Å². The number of hydrogen-bond acceptors (Lipinski definition) is 8. The van der Waals surface area contributed by atoms with Crippen LogP contribution in [0.3, 0.4) is 0 Å². The Morgan fingerprint density at radius 1 is 1.15 bits per heavy atom. The maximum Gasteiger partial charge on any atom is 0.511 e. The first kappa shape index (κ1) is 27.7. The van der Waals surface area contributed by atoms with Crippen molar-refractivity contribution >= 4 is 29.5 Å². The summed E-state index contributed by atoms with van der Waals surface area (Å²) < 4.78 is 23.3. The van der Waals surface area contributed by atoms with Crippen molar-refractivity contribution in [2.24, 2.45) is 7.05 Å². The normalized spacial score (nSPS) is 12.0. The monoisotopic (exact) mass is 557 g/mol. The first-order valence-corrected chi connectivity index (χ1v) is 11.9. The second-order valence-corrected chi connectivity index (χ2v) is 8.84. The van der Waals surface area contributed by atoms with Crippen LogP contribution in [0.15, 0.2) is 41.2 Å². The van der Waals surface area contributed by atoms with Gasteiger partial charge in [-0.3, -0.25) is 4.79 Å². The summed E-state index contributed by atoms with van der Waals surface area (Å²) in [4.78, 5) is 26.2. The number of rotatable bonds is 7. The highest BCUT2D eigenvalue weighted by Crippen LogP contribution is 2.41. The average molecular weight is 558 g/mol. The molecule has 0 radical (unpaired) electrons. The van der Waals surface area contributed by atoms with Gasteiger partial charge in [-0.2, -0.15) is 0 Å². The van der Waals surface area contributed by atoms with Gasteiger partial charge in [-0.1, -0.05) is 6.07 Å². The van der Waals surface area contributed by atoms with E-state index in [1.54, 1.807) is 14.2 Å². The minimum Gasteiger partial charge on any atom is -0.504 e. The first-order valence-electron chi connectivity index (χ1n) is 11.9. The van der Waals surface area contributed by atoms with E-state index in [0.29, 0.717) is 35.7 Å². The van der Waals surface area contributed by atoms with Gasteiger partial charge in [-0.05, 0) is 18.2 Å². The number of hydrogen-bond donors (Lipinski definition) is 4. The Hall–Kier alpha value is -4.35. The number of benzene rings is 2. The number of carboxylic acid groups (broad SMARTS) is 1. The number of aryl methyl sites for hydroxylation is 1. The van der Waals surface area contributed by atoms with Crippen molar-refractivity contribution < 1.29 is 34.0 Å². The molecule has 11 nitrogen and oxygen atoms in total. The smallest absolute Gasteiger partial charge is 0.504 e. The van der Waals surface area contributed by atoms with Crippen LogP contribution in [-0.2, 0) is 26.6 Å². The molecule has 0 fully saturated rings. The number of halogens is 1. The van der Waals surface area contributed by atoms with E-state index < -0.39 is 23.2 Å². The number of methoxy groups -OCH3 is 2. The standard InChI is InChI=1S/C27H27N3O8.ClH/c1-30-16(13-28-12-14-4-5-17(35-2)10-21(14)36-3)8-15-9-19-22(11-20(15)30)37-7-6-18-23(19)29-26(32)25(24(18)31)38-27(33)34;/h4-5,8-11,28H,6-7,12-13H2,1-3H3,(H,33,34)(H2,29,31,32);1H. The lowest BCUT2D eigenvalue weighted by Gasteiger charge is -2.12. The van der Waals surface area contributed by atoms with Gasteiger partial charge in [0.1, 0.15) is 17.2 Å². The Balaban J connectivity index is 0.00000353. The van der Waals surface area contributed by atoms with Crippen molar-refractivity contribution in [3.63, 3.8) is 0 Å². The largest absolute Gasteiger partial charge is 0.511 e. The van der Waals surface area contributed by atoms with Crippen molar-refractivity contribution in [3.8, 4) is 40.0 Å². The summed E-state index contributed by atoms with van der Waals surface area (Å²) in [5.74, 6) is 0.851. The zero-order chi connectivity index (χ0) is 27.0. The maximum atomic E-state index is 12.5. The molecule has 2 aromatic heterocycles. The van der Waals surface area contributed by atoms with E-state index in [1.165, 1.54) is 0 Å². The maximum absolute atomic E-state index is 12.5. The minimum atomic E-state index is -1.69. The van der Waals surface area contributed by atoms with E-state index in [0.717, 1.165) is 33.7 Å².